The van der Waals surface area contributed by atoms with Gasteiger partial charge >= 0.3 is 0 Å². The van der Waals surface area contributed by atoms with Gasteiger partial charge in [0.05, 0.1) is 5.69 Å². The molecule has 4 rings (SSSR count). The van der Waals surface area contributed by atoms with Crippen molar-refractivity contribution in [3.63, 3.8) is 0 Å². The number of hydrogen-bond acceptors (Lipinski definition) is 3. The third-order valence-corrected chi connectivity index (χ3v) is 5.35. The molecular formula is C19H22N4O2. The first kappa shape index (κ1) is 15.9. The summed E-state index contributed by atoms with van der Waals surface area (Å²) in [5.74, 6) is -0.630. The summed E-state index contributed by atoms with van der Waals surface area (Å²) in [6.07, 6.45) is 2.00. The molecule has 6 nitrogen and oxygen atoms in total. The lowest BCUT2D eigenvalue weighted by molar-refractivity contribution is -0.122. The van der Waals surface area contributed by atoms with Crippen LogP contribution in [0.5, 0.6) is 0 Å². The molecular weight excluding hydrogens is 316 g/mol. The van der Waals surface area contributed by atoms with Crippen LogP contribution in [0, 0.1) is 5.41 Å². The number of primary amides is 1. The van der Waals surface area contributed by atoms with Crippen molar-refractivity contribution in [3.8, 4) is 11.3 Å². The first-order valence-corrected chi connectivity index (χ1v) is 8.56. The number of aromatic nitrogens is 2. The van der Waals surface area contributed by atoms with Gasteiger partial charge in [0, 0.05) is 28.9 Å². The van der Waals surface area contributed by atoms with Crippen LogP contribution in [0.3, 0.4) is 0 Å². The lowest BCUT2D eigenvalue weighted by Crippen LogP contribution is -2.42. The largest absolute Gasteiger partial charge is 0.368 e. The van der Waals surface area contributed by atoms with Crippen molar-refractivity contribution in [1.82, 2.24) is 15.1 Å². The maximum absolute atomic E-state index is 12.5. The van der Waals surface area contributed by atoms with Gasteiger partial charge in [0.1, 0.15) is 6.04 Å². The number of nitrogens with two attached hydrogens (primary N) is 1. The Hall–Kier alpha value is -2.63. The van der Waals surface area contributed by atoms with Gasteiger partial charge in [-0.2, -0.15) is 5.10 Å². The summed E-state index contributed by atoms with van der Waals surface area (Å²) < 4.78 is 0. The van der Waals surface area contributed by atoms with Crippen molar-refractivity contribution < 1.29 is 9.59 Å². The van der Waals surface area contributed by atoms with Gasteiger partial charge in [0.25, 0.3) is 5.91 Å². The Balaban J connectivity index is 1.69. The first-order valence-electron chi connectivity index (χ1n) is 8.56. The number of fused-ring (bicyclic) bond motifs is 2. The van der Waals surface area contributed by atoms with Gasteiger partial charge in [0.15, 0.2) is 0 Å². The summed E-state index contributed by atoms with van der Waals surface area (Å²) >= 11 is 0. The van der Waals surface area contributed by atoms with Crippen LogP contribution in [0.15, 0.2) is 18.2 Å². The highest BCUT2D eigenvalue weighted by Gasteiger charge is 2.35. The van der Waals surface area contributed by atoms with Crippen LogP contribution in [-0.4, -0.2) is 33.0 Å². The minimum atomic E-state index is -0.612. The van der Waals surface area contributed by atoms with E-state index < -0.39 is 11.9 Å². The molecule has 1 aliphatic carbocycles. The van der Waals surface area contributed by atoms with Gasteiger partial charge in [-0.05, 0) is 42.9 Å². The minimum Gasteiger partial charge on any atom is -0.368 e. The fourth-order valence-corrected chi connectivity index (χ4v) is 3.95. The number of hydrogen-bond donors (Lipinski definition) is 2. The van der Waals surface area contributed by atoms with Gasteiger partial charge in [0.2, 0.25) is 5.91 Å². The van der Waals surface area contributed by atoms with E-state index in [0.717, 1.165) is 29.7 Å². The zero-order valence-electron chi connectivity index (χ0n) is 14.7. The number of H-pyrrole nitrogens is 1. The number of carbonyl (C=O) groups is 2. The van der Waals surface area contributed by atoms with E-state index in [9.17, 15) is 9.59 Å². The molecule has 0 saturated carbocycles. The fourth-order valence-electron chi connectivity index (χ4n) is 3.95. The highest BCUT2D eigenvalue weighted by molar-refractivity contribution is 6.01. The molecule has 0 bridgehead atoms. The number of amides is 2. The Morgan fingerprint density at radius 2 is 2.12 bits per heavy atom. The number of benzene rings is 1. The quantitative estimate of drug-likeness (QED) is 0.897. The fraction of sp³-hybridized carbons (Fsp3) is 0.421. The van der Waals surface area contributed by atoms with E-state index in [1.807, 2.05) is 18.2 Å². The SMILES string of the molecule is C[C@H](C(N)=O)N1Cc2cc(-c3n[nH]c4c3CC(C)(C)C4)ccc2C1=O. The van der Waals surface area contributed by atoms with Crippen molar-refractivity contribution in [2.75, 3.05) is 0 Å². The Kier molecular flexibility index (Phi) is 3.29. The van der Waals surface area contributed by atoms with E-state index in [4.69, 9.17) is 5.73 Å². The van der Waals surface area contributed by atoms with Gasteiger partial charge in [-0.25, -0.2) is 0 Å². The average molecular weight is 338 g/mol. The van der Waals surface area contributed by atoms with Crippen LogP contribution in [0.25, 0.3) is 11.3 Å². The lowest BCUT2D eigenvalue weighted by Gasteiger charge is -2.20. The molecule has 1 aromatic heterocycles. The van der Waals surface area contributed by atoms with Gasteiger partial charge in [-0.3, -0.25) is 14.7 Å². The first-order chi connectivity index (χ1) is 11.8. The van der Waals surface area contributed by atoms with Crippen molar-refractivity contribution in [3.05, 3.63) is 40.6 Å². The molecule has 1 aromatic carbocycles. The Morgan fingerprint density at radius 3 is 2.84 bits per heavy atom. The van der Waals surface area contributed by atoms with Crippen LogP contribution >= 0.6 is 0 Å². The normalized spacial score (nSPS) is 19.0. The van der Waals surface area contributed by atoms with Crippen LogP contribution in [-0.2, 0) is 24.2 Å². The second-order valence-electron chi connectivity index (χ2n) is 7.93. The van der Waals surface area contributed by atoms with E-state index in [2.05, 4.69) is 24.0 Å². The van der Waals surface area contributed by atoms with Crippen LogP contribution in [0.1, 0.15) is 48.0 Å². The predicted molar refractivity (Wildman–Crippen MR) is 93.7 cm³/mol. The maximum atomic E-state index is 12.5. The van der Waals surface area contributed by atoms with E-state index >= 15 is 0 Å². The van der Waals surface area contributed by atoms with Gasteiger partial charge in [-0.15, -0.1) is 0 Å². The standard InChI is InChI=1S/C19H22N4O2/c1-10(17(20)24)23-9-12-6-11(4-5-13(12)18(23)25)16-14-7-19(2,3)8-15(14)21-22-16/h4-6,10H,7-9H2,1-3H3,(H2,20,24)(H,21,22)/t10-/m1/s1. The zero-order valence-corrected chi connectivity index (χ0v) is 14.7. The molecule has 130 valence electrons. The molecule has 2 amide bonds. The van der Waals surface area contributed by atoms with Crippen LogP contribution in [0.2, 0.25) is 0 Å². The van der Waals surface area contributed by atoms with Crippen LogP contribution in [0.4, 0.5) is 0 Å². The summed E-state index contributed by atoms with van der Waals surface area (Å²) in [6.45, 7) is 6.59. The van der Waals surface area contributed by atoms with Gasteiger partial charge < -0.3 is 10.6 Å². The van der Waals surface area contributed by atoms with E-state index in [1.54, 1.807) is 6.92 Å². The monoisotopic (exact) mass is 338 g/mol. The molecule has 0 radical (unpaired) electrons. The minimum absolute atomic E-state index is 0.138. The van der Waals surface area contributed by atoms with Gasteiger partial charge in [-0.1, -0.05) is 19.9 Å². The third kappa shape index (κ3) is 2.44. The lowest BCUT2D eigenvalue weighted by atomic mass is 9.90. The molecule has 1 aliphatic heterocycles. The molecule has 1 atom stereocenters. The smallest absolute Gasteiger partial charge is 0.255 e. The molecule has 0 fully saturated rings. The molecule has 0 spiro atoms. The number of aromatic amines is 1. The summed E-state index contributed by atoms with van der Waals surface area (Å²) in [4.78, 5) is 25.5. The zero-order chi connectivity index (χ0) is 17.9. The molecule has 0 unspecified atom stereocenters. The highest BCUT2D eigenvalue weighted by Crippen LogP contribution is 2.40. The summed E-state index contributed by atoms with van der Waals surface area (Å²) in [5.41, 5.74) is 11.6. The Bertz CT molecular complexity index is 897. The number of rotatable bonds is 3. The Labute approximate surface area is 146 Å². The van der Waals surface area contributed by atoms with Crippen LogP contribution < -0.4 is 5.73 Å². The number of nitrogens with one attached hydrogen (secondary N) is 1. The van der Waals surface area contributed by atoms with E-state index in [-0.39, 0.29) is 11.3 Å². The topological polar surface area (TPSA) is 92.1 Å². The van der Waals surface area contributed by atoms with Crippen molar-refractivity contribution >= 4 is 11.8 Å². The van der Waals surface area contributed by atoms with E-state index in [0.29, 0.717) is 12.1 Å². The van der Waals surface area contributed by atoms with E-state index in [1.165, 1.54) is 16.2 Å². The second kappa shape index (κ2) is 5.18. The second-order valence-corrected chi connectivity index (χ2v) is 7.93. The molecule has 2 aliphatic rings. The molecule has 2 heterocycles. The molecule has 3 N–H and O–H groups in total. The van der Waals surface area contributed by atoms with Crippen molar-refractivity contribution in [1.29, 1.82) is 0 Å². The molecule has 0 saturated heterocycles. The molecule has 2 aromatic rings. The summed E-state index contributed by atoms with van der Waals surface area (Å²) in [6, 6.07) is 5.18. The summed E-state index contributed by atoms with van der Waals surface area (Å²) in [5, 5.41) is 7.67. The maximum Gasteiger partial charge on any atom is 0.255 e. The van der Waals surface area contributed by atoms with Crippen molar-refractivity contribution in [2.45, 2.75) is 46.2 Å². The number of carbonyl (C=O) groups excluding carboxylic acids is 2. The summed E-state index contributed by atoms with van der Waals surface area (Å²) in [7, 11) is 0. The third-order valence-electron chi connectivity index (χ3n) is 5.35. The highest BCUT2D eigenvalue weighted by atomic mass is 16.2. The Morgan fingerprint density at radius 1 is 1.36 bits per heavy atom. The number of nitrogens with zero attached hydrogens (tertiary/aromatic N) is 2. The molecule has 25 heavy (non-hydrogen) atoms. The average Bonchev–Trinajstić information content (AvgIpc) is 3.16. The predicted octanol–water partition coefficient (Wildman–Crippen LogP) is 2.03. The van der Waals surface area contributed by atoms with Crippen molar-refractivity contribution in [2.24, 2.45) is 11.1 Å². The molecule has 6 heteroatoms.